The molecule has 0 unspecified atom stereocenters. The number of nitrogens with zero attached hydrogens (tertiary/aromatic N) is 4. The molecular formula is C26H27N5O2. The Morgan fingerprint density at radius 2 is 1.67 bits per heavy atom. The van der Waals surface area contributed by atoms with E-state index < -0.39 is 0 Å². The van der Waals surface area contributed by atoms with Crippen LogP contribution in [-0.4, -0.2) is 58.6 Å². The molecule has 1 fully saturated rings. The molecule has 0 spiro atoms. The van der Waals surface area contributed by atoms with Crippen LogP contribution in [0, 0.1) is 0 Å². The van der Waals surface area contributed by atoms with Gasteiger partial charge in [0.25, 0.3) is 5.91 Å². The van der Waals surface area contributed by atoms with Crippen molar-refractivity contribution in [3.8, 4) is 0 Å². The molecule has 7 nitrogen and oxygen atoms in total. The first-order chi connectivity index (χ1) is 16.3. The van der Waals surface area contributed by atoms with Gasteiger partial charge in [0.2, 0.25) is 0 Å². The molecule has 168 valence electrons. The number of ether oxygens (including phenoxy) is 1. The largest absolute Gasteiger partial charge is 0.379 e. The molecular weight excluding hydrogens is 414 g/mol. The summed E-state index contributed by atoms with van der Waals surface area (Å²) in [5.74, 6) is -0.0742. The highest BCUT2D eigenvalue weighted by molar-refractivity contribution is 5.94. The zero-order chi connectivity index (χ0) is 22.5. The van der Waals surface area contributed by atoms with E-state index >= 15 is 0 Å². The lowest BCUT2D eigenvalue weighted by molar-refractivity contribution is 0.0332. The summed E-state index contributed by atoms with van der Waals surface area (Å²) in [5.41, 5.74) is 4.68. The second kappa shape index (κ2) is 9.94. The number of benzene rings is 3. The van der Waals surface area contributed by atoms with Gasteiger partial charge < -0.3 is 10.1 Å². The maximum atomic E-state index is 13.1. The predicted molar refractivity (Wildman–Crippen MR) is 127 cm³/mol. The fourth-order valence-corrected chi connectivity index (χ4v) is 4.17. The maximum Gasteiger partial charge on any atom is 0.251 e. The number of hydrogen-bond acceptors (Lipinski definition) is 5. The molecule has 4 aromatic rings. The van der Waals surface area contributed by atoms with Gasteiger partial charge in [-0.2, -0.15) is 0 Å². The van der Waals surface area contributed by atoms with Crippen molar-refractivity contribution in [2.24, 2.45) is 0 Å². The van der Waals surface area contributed by atoms with Crippen molar-refractivity contribution < 1.29 is 9.53 Å². The Morgan fingerprint density at radius 1 is 0.939 bits per heavy atom. The second-order valence-corrected chi connectivity index (χ2v) is 8.28. The van der Waals surface area contributed by atoms with Crippen LogP contribution in [-0.2, 0) is 11.3 Å². The SMILES string of the molecule is O=C(N[C@@H](CN1CCOCC1)c1ccccc1)c1ccc(Cn2nnc3ccccc32)cc1. The summed E-state index contributed by atoms with van der Waals surface area (Å²) in [4.78, 5) is 15.4. The van der Waals surface area contributed by atoms with Crippen molar-refractivity contribution >= 4 is 16.9 Å². The van der Waals surface area contributed by atoms with E-state index in [4.69, 9.17) is 4.74 Å². The van der Waals surface area contributed by atoms with Gasteiger partial charge in [0.15, 0.2) is 0 Å². The molecule has 1 aromatic heterocycles. The molecule has 1 atom stereocenters. The lowest BCUT2D eigenvalue weighted by atomic mass is 10.0. The van der Waals surface area contributed by atoms with Crippen LogP contribution >= 0.6 is 0 Å². The highest BCUT2D eigenvalue weighted by Crippen LogP contribution is 2.17. The predicted octanol–water partition coefficient (Wildman–Crippen LogP) is 3.28. The number of carbonyl (C=O) groups is 1. The van der Waals surface area contributed by atoms with E-state index in [2.05, 4.69) is 32.7 Å². The molecule has 3 aromatic carbocycles. The van der Waals surface area contributed by atoms with Crippen LogP contribution in [0.1, 0.15) is 27.5 Å². The van der Waals surface area contributed by atoms with Gasteiger partial charge >= 0.3 is 0 Å². The fraction of sp³-hybridized carbons (Fsp3) is 0.269. The van der Waals surface area contributed by atoms with E-state index in [0.717, 1.165) is 55.0 Å². The Morgan fingerprint density at radius 3 is 2.45 bits per heavy atom. The van der Waals surface area contributed by atoms with E-state index in [1.165, 1.54) is 0 Å². The molecule has 33 heavy (non-hydrogen) atoms. The van der Waals surface area contributed by atoms with Gasteiger partial charge in [-0.05, 0) is 35.4 Å². The average Bonchev–Trinajstić information content (AvgIpc) is 3.28. The van der Waals surface area contributed by atoms with Crippen LogP contribution in [0.3, 0.4) is 0 Å². The third kappa shape index (κ3) is 5.10. The number of hydrogen-bond donors (Lipinski definition) is 1. The monoisotopic (exact) mass is 441 g/mol. The number of fused-ring (bicyclic) bond motifs is 1. The van der Waals surface area contributed by atoms with Crippen molar-refractivity contribution in [1.29, 1.82) is 0 Å². The summed E-state index contributed by atoms with van der Waals surface area (Å²) in [5, 5.41) is 11.7. The van der Waals surface area contributed by atoms with Crippen molar-refractivity contribution in [2.45, 2.75) is 12.6 Å². The minimum Gasteiger partial charge on any atom is -0.379 e. The number of carbonyl (C=O) groups excluding carboxylic acids is 1. The summed E-state index contributed by atoms with van der Waals surface area (Å²) in [6.45, 7) is 4.59. The molecule has 0 radical (unpaired) electrons. The highest BCUT2D eigenvalue weighted by atomic mass is 16.5. The van der Waals surface area contributed by atoms with Crippen LogP contribution in [0.5, 0.6) is 0 Å². The maximum absolute atomic E-state index is 13.1. The number of para-hydroxylation sites is 1. The normalized spacial score (nSPS) is 15.4. The molecule has 5 rings (SSSR count). The summed E-state index contributed by atoms with van der Waals surface area (Å²) in [6.07, 6.45) is 0. The van der Waals surface area contributed by atoms with Gasteiger partial charge in [-0.25, -0.2) is 4.68 Å². The van der Waals surface area contributed by atoms with E-state index in [0.29, 0.717) is 12.1 Å². The van der Waals surface area contributed by atoms with Crippen molar-refractivity contribution in [3.05, 3.63) is 95.6 Å². The Bertz CT molecular complexity index is 1200. The third-order valence-corrected chi connectivity index (χ3v) is 6.02. The Hall–Kier alpha value is -3.55. The summed E-state index contributed by atoms with van der Waals surface area (Å²) in [7, 11) is 0. The average molecular weight is 442 g/mol. The van der Waals surface area contributed by atoms with Crippen LogP contribution in [0.25, 0.3) is 11.0 Å². The van der Waals surface area contributed by atoms with Gasteiger partial charge in [-0.1, -0.05) is 59.8 Å². The lowest BCUT2D eigenvalue weighted by Gasteiger charge is -2.31. The lowest BCUT2D eigenvalue weighted by Crippen LogP contribution is -2.43. The van der Waals surface area contributed by atoms with E-state index in [1.807, 2.05) is 71.4 Å². The first-order valence-corrected chi connectivity index (χ1v) is 11.3. The molecule has 1 aliphatic heterocycles. The minimum absolute atomic E-state index is 0.0742. The Balaban J connectivity index is 1.28. The number of rotatable bonds is 7. The fourth-order valence-electron chi connectivity index (χ4n) is 4.17. The first kappa shape index (κ1) is 21.3. The number of morpholine rings is 1. The van der Waals surface area contributed by atoms with Gasteiger partial charge in [0.1, 0.15) is 5.52 Å². The third-order valence-electron chi connectivity index (χ3n) is 6.02. The standard InChI is InChI=1S/C26H27N5O2/c32-26(27-24(21-6-2-1-3-7-21)19-30-14-16-33-17-15-30)22-12-10-20(11-13-22)18-31-25-9-5-4-8-23(25)28-29-31/h1-13,24H,14-19H2,(H,27,32)/t24-/m0/s1. The number of amides is 1. The van der Waals surface area contributed by atoms with Gasteiger partial charge in [-0.3, -0.25) is 9.69 Å². The Labute approximate surface area is 193 Å². The van der Waals surface area contributed by atoms with Crippen LogP contribution in [0.2, 0.25) is 0 Å². The van der Waals surface area contributed by atoms with Crippen molar-refractivity contribution in [2.75, 3.05) is 32.8 Å². The molecule has 1 amide bonds. The van der Waals surface area contributed by atoms with Crippen LogP contribution in [0.4, 0.5) is 0 Å². The molecule has 2 heterocycles. The summed E-state index contributed by atoms with van der Waals surface area (Å²) >= 11 is 0. The van der Waals surface area contributed by atoms with E-state index in [-0.39, 0.29) is 11.9 Å². The van der Waals surface area contributed by atoms with Crippen LogP contribution in [0.15, 0.2) is 78.9 Å². The van der Waals surface area contributed by atoms with Gasteiger partial charge in [0, 0.05) is 25.2 Å². The molecule has 1 saturated heterocycles. The van der Waals surface area contributed by atoms with E-state index in [9.17, 15) is 4.79 Å². The van der Waals surface area contributed by atoms with Crippen molar-refractivity contribution in [1.82, 2.24) is 25.2 Å². The molecule has 0 saturated carbocycles. The quantitative estimate of drug-likeness (QED) is 0.477. The summed E-state index contributed by atoms with van der Waals surface area (Å²) in [6, 6.07) is 25.7. The molecule has 0 aliphatic carbocycles. The van der Waals surface area contributed by atoms with Crippen molar-refractivity contribution in [3.63, 3.8) is 0 Å². The minimum atomic E-state index is -0.0852. The second-order valence-electron chi connectivity index (χ2n) is 8.28. The van der Waals surface area contributed by atoms with E-state index in [1.54, 1.807) is 0 Å². The molecule has 1 aliphatic rings. The highest BCUT2D eigenvalue weighted by Gasteiger charge is 2.20. The summed E-state index contributed by atoms with van der Waals surface area (Å²) < 4.78 is 7.34. The van der Waals surface area contributed by atoms with Crippen LogP contribution < -0.4 is 5.32 Å². The molecule has 0 bridgehead atoms. The smallest absolute Gasteiger partial charge is 0.251 e. The Kier molecular flexibility index (Phi) is 6.41. The zero-order valence-electron chi connectivity index (χ0n) is 18.4. The van der Waals surface area contributed by atoms with Gasteiger partial charge in [-0.15, -0.1) is 5.10 Å². The van der Waals surface area contributed by atoms with Gasteiger partial charge in [0.05, 0.1) is 31.3 Å². The molecule has 1 N–H and O–H groups in total. The number of aromatic nitrogens is 3. The first-order valence-electron chi connectivity index (χ1n) is 11.3. The number of nitrogens with one attached hydrogen (secondary N) is 1. The topological polar surface area (TPSA) is 72.3 Å². The zero-order valence-corrected chi connectivity index (χ0v) is 18.4. The molecule has 7 heteroatoms.